The molecule has 0 radical (unpaired) electrons. The Labute approximate surface area is 156 Å². The molecule has 1 atom stereocenters. The Morgan fingerprint density at radius 1 is 1.12 bits per heavy atom. The maximum atomic E-state index is 12.0. The molecule has 7 heteroatoms. The largest absolute Gasteiger partial charge is 0.489 e. The van der Waals surface area contributed by atoms with Crippen molar-refractivity contribution in [2.24, 2.45) is 5.10 Å². The van der Waals surface area contributed by atoms with Crippen LogP contribution in [0, 0.1) is 0 Å². The van der Waals surface area contributed by atoms with Gasteiger partial charge in [-0.1, -0.05) is 60.3 Å². The summed E-state index contributed by atoms with van der Waals surface area (Å²) < 4.78 is 5.99. The minimum absolute atomic E-state index is 0.208. The molecule has 2 amide bonds. The Balaban J connectivity index is 1.82. The van der Waals surface area contributed by atoms with Crippen LogP contribution in [-0.4, -0.2) is 22.0 Å². The molecule has 1 aliphatic heterocycles. The molecule has 0 spiro atoms. The van der Waals surface area contributed by atoms with Crippen LogP contribution in [0.2, 0.25) is 0 Å². The highest BCUT2D eigenvalue weighted by Gasteiger charge is 2.34. The van der Waals surface area contributed by atoms with E-state index in [0.717, 1.165) is 11.1 Å². The first-order valence-electron chi connectivity index (χ1n) is 8.13. The number of nitrogens with one attached hydrogen (secondary N) is 1. The van der Waals surface area contributed by atoms with Crippen LogP contribution in [0.1, 0.15) is 30.3 Å². The summed E-state index contributed by atoms with van der Waals surface area (Å²) in [7, 11) is 0. The maximum absolute atomic E-state index is 12.0. The van der Waals surface area contributed by atoms with Crippen LogP contribution in [0.3, 0.4) is 0 Å². The highest BCUT2D eigenvalue weighted by molar-refractivity contribution is 8.14. The molecule has 1 heterocycles. The van der Waals surface area contributed by atoms with Crippen molar-refractivity contribution < 1.29 is 14.3 Å². The topological polar surface area (TPSA) is 71.0 Å². The third kappa shape index (κ3) is 4.23. The van der Waals surface area contributed by atoms with Gasteiger partial charge in [-0.05, 0) is 11.6 Å². The molecule has 134 valence electrons. The van der Waals surface area contributed by atoms with Crippen molar-refractivity contribution in [3.63, 3.8) is 0 Å². The molecule has 0 bridgehead atoms. The fraction of sp³-hybridized carbons (Fsp3) is 0.211. The van der Waals surface area contributed by atoms with Gasteiger partial charge in [0.15, 0.2) is 5.17 Å². The summed E-state index contributed by atoms with van der Waals surface area (Å²) in [5, 5.41) is 8.24. The second-order valence-corrected chi connectivity index (χ2v) is 6.80. The Bertz CT molecular complexity index is 839. The molecule has 2 aromatic rings. The summed E-state index contributed by atoms with van der Waals surface area (Å²) in [5.74, 6) is 0.245. The fourth-order valence-electron chi connectivity index (χ4n) is 2.52. The standard InChI is InChI=1S/C19H19N3O3S/c1-13(23)20-19-21-22(14(2)24)18(26-19)16-10-6-7-11-17(16)25-12-15-8-4-3-5-9-15/h3-11,18H,12H2,1-2H3,(H,20,21,23)/t18-/m0/s1. The summed E-state index contributed by atoms with van der Waals surface area (Å²) in [5.41, 5.74) is 1.88. The minimum atomic E-state index is -0.388. The molecule has 2 aromatic carbocycles. The van der Waals surface area contributed by atoms with Crippen LogP contribution >= 0.6 is 11.8 Å². The number of hydrogen-bond donors (Lipinski definition) is 1. The van der Waals surface area contributed by atoms with Crippen LogP contribution in [0.25, 0.3) is 0 Å². The van der Waals surface area contributed by atoms with Crippen molar-refractivity contribution in [3.8, 4) is 5.75 Å². The van der Waals surface area contributed by atoms with Crippen molar-refractivity contribution in [2.75, 3.05) is 0 Å². The van der Waals surface area contributed by atoms with Crippen molar-refractivity contribution in [3.05, 3.63) is 65.7 Å². The van der Waals surface area contributed by atoms with E-state index in [1.54, 1.807) is 0 Å². The van der Waals surface area contributed by atoms with E-state index >= 15 is 0 Å². The van der Waals surface area contributed by atoms with Gasteiger partial charge >= 0.3 is 0 Å². The van der Waals surface area contributed by atoms with Crippen LogP contribution < -0.4 is 10.1 Å². The third-order valence-electron chi connectivity index (χ3n) is 3.67. The smallest absolute Gasteiger partial charge is 0.241 e. The molecule has 1 N–H and O–H groups in total. The zero-order valence-electron chi connectivity index (χ0n) is 14.5. The van der Waals surface area contributed by atoms with E-state index in [9.17, 15) is 9.59 Å². The summed E-state index contributed by atoms with van der Waals surface area (Å²) in [4.78, 5) is 23.3. The van der Waals surface area contributed by atoms with Crippen molar-refractivity contribution in [1.82, 2.24) is 10.3 Å². The number of rotatable bonds is 4. The van der Waals surface area contributed by atoms with E-state index in [0.29, 0.717) is 17.5 Å². The second kappa shape index (κ2) is 8.05. The molecule has 6 nitrogen and oxygen atoms in total. The van der Waals surface area contributed by atoms with Crippen LogP contribution in [0.5, 0.6) is 5.75 Å². The molecule has 0 unspecified atom stereocenters. The van der Waals surface area contributed by atoms with Gasteiger partial charge in [-0.15, -0.1) is 5.10 Å². The molecule has 1 aliphatic rings. The SMILES string of the molecule is CC(=O)NC1=NN(C(C)=O)[C@H](c2ccccc2OCc2ccccc2)S1. The van der Waals surface area contributed by atoms with Crippen LogP contribution in [-0.2, 0) is 16.2 Å². The van der Waals surface area contributed by atoms with Gasteiger partial charge in [0.2, 0.25) is 11.8 Å². The van der Waals surface area contributed by atoms with Gasteiger partial charge in [-0.2, -0.15) is 0 Å². The first-order valence-corrected chi connectivity index (χ1v) is 9.01. The van der Waals surface area contributed by atoms with E-state index in [1.807, 2.05) is 54.6 Å². The van der Waals surface area contributed by atoms with Crippen LogP contribution in [0.4, 0.5) is 0 Å². The van der Waals surface area contributed by atoms with Gasteiger partial charge in [-0.25, -0.2) is 5.01 Å². The van der Waals surface area contributed by atoms with Crippen molar-refractivity contribution in [1.29, 1.82) is 0 Å². The highest BCUT2D eigenvalue weighted by Crippen LogP contribution is 2.42. The number of amides is 2. The number of ether oxygens (including phenoxy) is 1. The van der Waals surface area contributed by atoms with E-state index in [2.05, 4.69) is 10.4 Å². The van der Waals surface area contributed by atoms with Crippen LogP contribution in [0.15, 0.2) is 59.7 Å². The number of carbonyl (C=O) groups excluding carboxylic acids is 2. The Morgan fingerprint density at radius 2 is 1.81 bits per heavy atom. The number of thioether (sulfide) groups is 1. The number of benzene rings is 2. The summed E-state index contributed by atoms with van der Waals surface area (Å²) in [6, 6.07) is 17.4. The lowest BCUT2D eigenvalue weighted by Crippen LogP contribution is -2.25. The third-order valence-corrected chi connectivity index (χ3v) is 4.76. The summed E-state index contributed by atoms with van der Waals surface area (Å²) in [6.45, 7) is 3.28. The molecule has 3 rings (SSSR count). The summed E-state index contributed by atoms with van der Waals surface area (Å²) in [6.07, 6.45) is 0. The van der Waals surface area contributed by atoms with E-state index in [4.69, 9.17) is 4.74 Å². The van der Waals surface area contributed by atoms with Gasteiger partial charge in [0, 0.05) is 19.4 Å². The number of amidine groups is 1. The Hall–Kier alpha value is -2.80. The first kappa shape index (κ1) is 18.0. The van der Waals surface area contributed by atoms with E-state index in [-0.39, 0.29) is 17.2 Å². The number of hydrazone groups is 1. The quantitative estimate of drug-likeness (QED) is 0.898. The Morgan fingerprint density at radius 3 is 2.50 bits per heavy atom. The molecule has 0 aromatic heterocycles. The maximum Gasteiger partial charge on any atom is 0.241 e. The van der Waals surface area contributed by atoms with E-state index in [1.165, 1.54) is 30.6 Å². The predicted molar refractivity (Wildman–Crippen MR) is 101 cm³/mol. The highest BCUT2D eigenvalue weighted by atomic mass is 32.2. The number of hydrogen-bond acceptors (Lipinski definition) is 5. The lowest BCUT2D eigenvalue weighted by atomic mass is 10.2. The minimum Gasteiger partial charge on any atom is -0.489 e. The van der Waals surface area contributed by atoms with Gasteiger partial charge in [0.25, 0.3) is 0 Å². The van der Waals surface area contributed by atoms with Crippen molar-refractivity contribution >= 4 is 28.7 Å². The number of para-hydroxylation sites is 1. The van der Waals surface area contributed by atoms with Gasteiger partial charge in [0.05, 0.1) is 0 Å². The summed E-state index contributed by atoms with van der Waals surface area (Å²) >= 11 is 1.31. The molecule has 0 fully saturated rings. The Kier molecular flexibility index (Phi) is 5.58. The predicted octanol–water partition coefficient (Wildman–Crippen LogP) is 3.27. The second-order valence-electron chi connectivity index (χ2n) is 5.73. The average molecular weight is 369 g/mol. The molecular weight excluding hydrogens is 350 g/mol. The zero-order valence-corrected chi connectivity index (χ0v) is 15.3. The molecule has 26 heavy (non-hydrogen) atoms. The fourth-order valence-corrected chi connectivity index (χ4v) is 3.68. The van der Waals surface area contributed by atoms with Gasteiger partial charge in [0.1, 0.15) is 17.7 Å². The lowest BCUT2D eigenvalue weighted by Gasteiger charge is -2.21. The number of carbonyl (C=O) groups is 2. The first-order chi connectivity index (χ1) is 12.5. The molecule has 0 aliphatic carbocycles. The van der Waals surface area contributed by atoms with Gasteiger partial charge < -0.3 is 10.1 Å². The number of nitrogens with zero attached hydrogens (tertiary/aromatic N) is 2. The average Bonchev–Trinajstić information content (AvgIpc) is 3.04. The molecule has 0 saturated heterocycles. The van der Waals surface area contributed by atoms with Gasteiger partial charge in [-0.3, -0.25) is 9.59 Å². The normalized spacial score (nSPS) is 16.2. The molecule has 0 saturated carbocycles. The molecular formula is C19H19N3O3S. The monoisotopic (exact) mass is 369 g/mol. The van der Waals surface area contributed by atoms with E-state index < -0.39 is 0 Å². The zero-order chi connectivity index (χ0) is 18.5. The van der Waals surface area contributed by atoms with Crippen molar-refractivity contribution in [2.45, 2.75) is 25.8 Å². The lowest BCUT2D eigenvalue weighted by molar-refractivity contribution is -0.129.